The van der Waals surface area contributed by atoms with Crippen molar-refractivity contribution in [2.45, 2.75) is 57.5 Å². The van der Waals surface area contributed by atoms with E-state index >= 15 is 0 Å². The number of benzene rings is 2. The van der Waals surface area contributed by atoms with E-state index in [0.717, 1.165) is 12.1 Å². The van der Waals surface area contributed by atoms with Crippen LogP contribution in [-0.4, -0.2) is 62.0 Å². The van der Waals surface area contributed by atoms with Gasteiger partial charge in [-0.1, -0.05) is 6.92 Å². The van der Waals surface area contributed by atoms with E-state index in [1.54, 1.807) is 36.2 Å². The molecule has 1 saturated heterocycles. The van der Waals surface area contributed by atoms with Crippen molar-refractivity contribution in [3.8, 4) is 5.75 Å². The lowest BCUT2D eigenvalue weighted by Gasteiger charge is -2.40. The molecule has 47 heavy (non-hydrogen) atoms. The fourth-order valence-electron chi connectivity index (χ4n) is 6.04. The molecular formula is C32H36F6N6O3. The van der Waals surface area contributed by atoms with E-state index in [1.165, 1.54) is 7.11 Å². The Bertz CT molecular complexity index is 1550. The van der Waals surface area contributed by atoms with Crippen LogP contribution in [0.5, 0.6) is 5.75 Å². The molecule has 15 heteroatoms. The zero-order valence-corrected chi connectivity index (χ0v) is 26.1. The molecular weight excluding hydrogens is 630 g/mol. The number of halogens is 6. The Hall–Kier alpha value is -4.27. The van der Waals surface area contributed by atoms with Gasteiger partial charge in [0.05, 0.1) is 54.2 Å². The summed E-state index contributed by atoms with van der Waals surface area (Å²) < 4.78 is 92.8. The minimum Gasteiger partial charge on any atom is -0.497 e. The highest BCUT2D eigenvalue weighted by molar-refractivity contribution is 5.90. The topological polar surface area (TPSA) is 91.8 Å². The molecule has 254 valence electrons. The molecule has 0 saturated carbocycles. The van der Waals surface area contributed by atoms with Gasteiger partial charge in [0.15, 0.2) is 0 Å². The van der Waals surface area contributed by atoms with E-state index in [2.05, 4.69) is 20.6 Å². The maximum absolute atomic E-state index is 13.7. The zero-order valence-electron chi connectivity index (χ0n) is 26.1. The summed E-state index contributed by atoms with van der Waals surface area (Å²) in [5.41, 5.74) is -0.831. The lowest BCUT2D eigenvalue weighted by atomic mass is 9.90. The first kappa shape index (κ1) is 34.1. The molecule has 1 amide bonds. The molecule has 0 aliphatic carbocycles. The number of carbonyl (C=O) groups is 1. The number of alkyl halides is 6. The van der Waals surface area contributed by atoms with Crippen LogP contribution in [0, 0.1) is 0 Å². The van der Waals surface area contributed by atoms with Crippen molar-refractivity contribution in [2.75, 3.05) is 55.0 Å². The van der Waals surface area contributed by atoms with Crippen LogP contribution in [0.1, 0.15) is 60.7 Å². The summed E-state index contributed by atoms with van der Waals surface area (Å²) in [5, 5.41) is 6.55. The Morgan fingerprint density at radius 3 is 2.28 bits per heavy atom. The number of anilines is 3. The average molecular weight is 667 g/mol. The van der Waals surface area contributed by atoms with E-state index in [9.17, 15) is 31.1 Å². The minimum atomic E-state index is -4.97. The molecule has 1 aromatic heterocycles. The minimum absolute atomic E-state index is 0.117. The van der Waals surface area contributed by atoms with Crippen molar-refractivity contribution in [1.29, 1.82) is 0 Å². The SMILES string of the molecule is CCOC(=O)N1c2ccc(OC)cc2[C@@H](Nc2ncc(N3CCNCC3)c(Cc3cc(C(F)(F)F)cc(C(F)(F)F)c3)n2)C[C@H]1CC. The monoisotopic (exact) mass is 666 g/mol. The fraction of sp³-hybridized carbons (Fsp3) is 0.469. The summed E-state index contributed by atoms with van der Waals surface area (Å²) in [6.07, 6.45) is -8.14. The van der Waals surface area contributed by atoms with Crippen molar-refractivity contribution in [1.82, 2.24) is 15.3 Å². The summed E-state index contributed by atoms with van der Waals surface area (Å²) in [6.45, 7) is 6.25. The number of aromatic nitrogens is 2. The summed E-state index contributed by atoms with van der Waals surface area (Å²) in [5.74, 6) is 0.690. The average Bonchev–Trinajstić information content (AvgIpc) is 3.04. The molecule has 3 aromatic rings. The smallest absolute Gasteiger partial charge is 0.416 e. The van der Waals surface area contributed by atoms with Gasteiger partial charge in [-0.15, -0.1) is 0 Å². The number of hydrogen-bond acceptors (Lipinski definition) is 8. The molecule has 2 aliphatic heterocycles. The van der Waals surface area contributed by atoms with Gasteiger partial charge in [-0.25, -0.2) is 14.8 Å². The predicted molar refractivity (Wildman–Crippen MR) is 164 cm³/mol. The number of methoxy groups -OCH3 is 1. The molecule has 2 N–H and O–H groups in total. The van der Waals surface area contributed by atoms with E-state index in [4.69, 9.17) is 9.47 Å². The maximum Gasteiger partial charge on any atom is 0.416 e. The van der Waals surface area contributed by atoms with Crippen molar-refractivity contribution in [3.05, 3.63) is 70.5 Å². The van der Waals surface area contributed by atoms with Crippen molar-refractivity contribution >= 4 is 23.4 Å². The second-order valence-corrected chi connectivity index (χ2v) is 11.3. The van der Waals surface area contributed by atoms with Gasteiger partial charge in [0.2, 0.25) is 5.95 Å². The number of amides is 1. The van der Waals surface area contributed by atoms with Gasteiger partial charge in [-0.2, -0.15) is 26.3 Å². The number of rotatable bonds is 8. The number of nitrogens with zero attached hydrogens (tertiary/aromatic N) is 4. The molecule has 2 atom stereocenters. The first-order chi connectivity index (χ1) is 22.3. The highest BCUT2D eigenvalue weighted by atomic mass is 19.4. The van der Waals surface area contributed by atoms with Gasteiger partial charge in [-0.05, 0) is 61.7 Å². The van der Waals surface area contributed by atoms with Crippen LogP contribution in [0.4, 0.5) is 48.5 Å². The Balaban J connectivity index is 1.55. The Morgan fingerprint density at radius 1 is 1.00 bits per heavy atom. The van der Waals surface area contributed by atoms with Crippen LogP contribution in [0.3, 0.4) is 0 Å². The van der Waals surface area contributed by atoms with Gasteiger partial charge in [-0.3, -0.25) is 4.90 Å². The molecule has 3 heterocycles. The number of piperazine rings is 1. The number of fused-ring (bicyclic) bond motifs is 1. The lowest BCUT2D eigenvalue weighted by Crippen LogP contribution is -2.46. The van der Waals surface area contributed by atoms with Crippen LogP contribution in [0.2, 0.25) is 0 Å². The molecule has 0 spiro atoms. The molecule has 0 unspecified atom stereocenters. The third-order valence-electron chi connectivity index (χ3n) is 8.30. The van der Waals surface area contributed by atoms with Gasteiger partial charge in [0, 0.05) is 44.2 Å². The zero-order chi connectivity index (χ0) is 33.9. The molecule has 1 fully saturated rings. The first-order valence-corrected chi connectivity index (χ1v) is 15.3. The Labute approximate surface area is 268 Å². The number of ether oxygens (including phenoxy) is 2. The second-order valence-electron chi connectivity index (χ2n) is 11.3. The largest absolute Gasteiger partial charge is 0.497 e. The van der Waals surface area contributed by atoms with Crippen LogP contribution >= 0.6 is 0 Å². The number of carbonyl (C=O) groups excluding carboxylic acids is 1. The quantitative estimate of drug-likeness (QED) is 0.253. The summed E-state index contributed by atoms with van der Waals surface area (Å²) >= 11 is 0. The fourth-order valence-corrected chi connectivity index (χ4v) is 6.04. The lowest BCUT2D eigenvalue weighted by molar-refractivity contribution is -0.143. The third-order valence-corrected chi connectivity index (χ3v) is 8.30. The maximum atomic E-state index is 13.7. The standard InChI is InChI=1S/C32H36F6N6O3/c1-4-22-16-25(24-17-23(46-3)6-7-27(24)44(22)30(45)47-5-2)41-29-40-18-28(43-10-8-39-9-11-43)26(42-29)14-19-12-20(31(33,34)35)15-21(13-19)32(36,37)38/h6-7,12-13,15,17-18,22,25,39H,4-5,8-11,14,16H2,1-3H3,(H,40,41,42)/t22-,25+/m1/s1. The second kappa shape index (κ2) is 13.8. The van der Waals surface area contributed by atoms with E-state index in [1.807, 2.05) is 11.8 Å². The van der Waals surface area contributed by atoms with E-state index < -0.39 is 35.6 Å². The molecule has 5 rings (SSSR count). The van der Waals surface area contributed by atoms with E-state index in [0.29, 0.717) is 61.7 Å². The molecule has 0 radical (unpaired) electrons. The van der Waals surface area contributed by atoms with E-state index in [-0.39, 0.29) is 42.3 Å². The van der Waals surface area contributed by atoms with Gasteiger partial charge in [0.25, 0.3) is 0 Å². The van der Waals surface area contributed by atoms with Crippen LogP contribution in [-0.2, 0) is 23.5 Å². The van der Waals surface area contributed by atoms with Crippen LogP contribution < -0.4 is 25.2 Å². The summed E-state index contributed by atoms with van der Waals surface area (Å²) in [4.78, 5) is 25.8. The van der Waals surface area contributed by atoms with Gasteiger partial charge >= 0.3 is 18.4 Å². The Kier molecular flexibility index (Phi) is 10.0. The highest BCUT2D eigenvalue weighted by Gasteiger charge is 2.38. The van der Waals surface area contributed by atoms with Crippen LogP contribution in [0.25, 0.3) is 0 Å². The normalized spacial score (nSPS) is 18.5. The van der Waals surface area contributed by atoms with Gasteiger partial charge in [0.1, 0.15) is 5.75 Å². The molecule has 2 aliphatic rings. The highest BCUT2D eigenvalue weighted by Crippen LogP contribution is 2.42. The molecule has 9 nitrogen and oxygen atoms in total. The Morgan fingerprint density at radius 2 is 1.68 bits per heavy atom. The molecule has 0 bridgehead atoms. The first-order valence-electron chi connectivity index (χ1n) is 15.3. The number of hydrogen-bond donors (Lipinski definition) is 2. The summed E-state index contributed by atoms with van der Waals surface area (Å²) in [7, 11) is 1.52. The molecule has 2 aromatic carbocycles. The van der Waals surface area contributed by atoms with Crippen LogP contribution in [0.15, 0.2) is 42.6 Å². The predicted octanol–water partition coefficient (Wildman–Crippen LogP) is 6.82. The summed E-state index contributed by atoms with van der Waals surface area (Å²) in [6, 6.07) is 6.21. The third kappa shape index (κ3) is 7.66. The van der Waals surface area contributed by atoms with Crippen molar-refractivity contribution < 1.29 is 40.6 Å². The van der Waals surface area contributed by atoms with Crippen molar-refractivity contribution in [2.24, 2.45) is 0 Å². The van der Waals surface area contributed by atoms with Gasteiger partial charge < -0.3 is 25.0 Å². The van der Waals surface area contributed by atoms with Crippen molar-refractivity contribution in [3.63, 3.8) is 0 Å². The number of nitrogens with one attached hydrogen (secondary N) is 2.